The van der Waals surface area contributed by atoms with Gasteiger partial charge in [0.25, 0.3) is 0 Å². The zero-order valence-corrected chi connectivity index (χ0v) is 14.1. The van der Waals surface area contributed by atoms with Gasteiger partial charge in [0.05, 0.1) is 22.7 Å². The Bertz CT molecular complexity index is 843. The number of pyridine rings is 1. The average Bonchev–Trinajstić information content (AvgIpc) is 2.93. The SMILES string of the molecule is Nc1[nH]nc2nc([C@@H]3CCCCN3C(=O)C3CCC3)cc(C(F)(F)F)c12. The quantitative estimate of drug-likeness (QED) is 0.851. The summed E-state index contributed by atoms with van der Waals surface area (Å²) in [5.74, 6) is -0.113. The highest BCUT2D eigenvalue weighted by atomic mass is 19.4. The molecule has 0 bridgehead atoms. The molecule has 0 radical (unpaired) electrons. The number of nitrogens with two attached hydrogens (primary N) is 1. The summed E-state index contributed by atoms with van der Waals surface area (Å²) < 4.78 is 40.7. The Morgan fingerprint density at radius 1 is 1.23 bits per heavy atom. The lowest BCUT2D eigenvalue weighted by molar-refractivity contribution is -0.142. The molecule has 3 heterocycles. The maximum atomic E-state index is 13.6. The van der Waals surface area contributed by atoms with Gasteiger partial charge < -0.3 is 10.6 Å². The van der Waals surface area contributed by atoms with E-state index in [0.717, 1.165) is 38.2 Å². The number of carbonyl (C=O) groups is 1. The molecule has 0 spiro atoms. The summed E-state index contributed by atoms with van der Waals surface area (Å²) in [7, 11) is 0. The van der Waals surface area contributed by atoms with Crippen molar-refractivity contribution in [3.63, 3.8) is 0 Å². The Hall–Kier alpha value is -2.32. The number of rotatable bonds is 2. The smallest absolute Gasteiger partial charge is 0.383 e. The van der Waals surface area contributed by atoms with Crippen molar-refractivity contribution < 1.29 is 18.0 Å². The van der Waals surface area contributed by atoms with Crippen molar-refractivity contribution in [2.45, 2.75) is 50.7 Å². The predicted octanol–water partition coefficient (Wildman–Crippen LogP) is 3.41. The summed E-state index contributed by atoms with van der Waals surface area (Å²) in [6, 6.07) is 0.589. The van der Waals surface area contributed by atoms with Gasteiger partial charge in [-0.1, -0.05) is 6.42 Å². The van der Waals surface area contributed by atoms with Gasteiger partial charge in [-0.25, -0.2) is 4.98 Å². The molecule has 2 aliphatic rings. The molecule has 1 saturated heterocycles. The maximum Gasteiger partial charge on any atom is 0.417 e. The number of piperidine rings is 1. The number of amides is 1. The van der Waals surface area contributed by atoms with E-state index < -0.39 is 17.8 Å². The fourth-order valence-corrected chi connectivity index (χ4v) is 3.85. The van der Waals surface area contributed by atoms with E-state index in [1.54, 1.807) is 4.90 Å². The zero-order valence-electron chi connectivity index (χ0n) is 14.1. The van der Waals surface area contributed by atoms with Gasteiger partial charge in [-0.15, -0.1) is 0 Å². The molecular weight excluding hydrogens is 347 g/mol. The number of halogens is 3. The zero-order chi connectivity index (χ0) is 18.5. The van der Waals surface area contributed by atoms with Crippen LogP contribution in [0.15, 0.2) is 6.07 Å². The molecule has 1 amide bonds. The van der Waals surface area contributed by atoms with E-state index in [2.05, 4.69) is 15.2 Å². The second kappa shape index (κ2) is 6.14. The molecule has 140 valence electrons. The summed E-state index contributed by atoms with van der Waals surface area (Å²) in [6.45, 7) is 0.559. The van der Waals surface area contributed by atoms with E-state index in [-0.39, 0.29) is 34.4 Å². The molecule has 9 heteroatoms. The van der Waals surface area contributed by atoms with Crippen molar-refractivity contribution in [1.29, 1.82) is 0 Å². The minimum Gasteiger partial charge on any atom is -0.383 e. The van der Waals surface area contributed by atoms with Crippen LogP contribution in [0, 0.1) is 5.92 Å². The van der Waals surface area contributed by atoms with Gasteiger partial charge in [0.1, 0.15) is 5.82 Å². The second-order valence-corrected chi connectivity index (χ2v) is 7.10. The van der Waals surface area contributed by atoms with Crippen LogP contribution in [0.2, 0.25) is 0 Å². The lowest BCUT2D eigenvalue weighted by Crippen LogP contribution is -2.44. The van der Waals surface area contributed by atoms with Crippen LogP contribution in [0.3, 0.4) is 0 Å². The Balaban J connectivity index is 1.77. The van der Waals surface area contributed by atoms with E-state index in [1.807, 2.05) is 0 Å². The fraction of sp³-hybridized carbons (Fsp3) is 0.588. The Labute approximate surface area is 147 Å². The first-order valence-electron chi connectivity index (χ1n) is 8.88. The van der Waals surface area contributed by atoms with Crippen LogP contribution in [0.25, 0.3) is 11.0 Å². The number of aromatic amines is 1. The third kappa shape index (κ3) is 2.79. The minimum atomic E-state index is -4.58. The van der Waals surface area contributed by atoms with Gasteiger partial charge in [0.2, 0.25) is 5.91 Å². The van der Waals surface area contributed by atoms with Gasteiger partial charge in [-0.05, 0) is 38.2 Å². The highest BCUT2D eigenvalue weighted by Crippen LogP contribution is 2.40. The monoisotopic (exact) mass is 367 g/mol. The van der Waals surface area contributed by atoms with Gasteiger partial charge in [-0.2, -0.15) is 18.3 Å². The maximum absolute atomic E-state index is 13.6. The number of carbonyl (C=O) groups excluding carboxylic acids is 1. The topological polar surface area (TPSA) is 87.9 Å². The van der Waals surface area contributed by atoms with Crippen molar-refractivity contribution in [3.05, 3.63) is 17.3 Å². The standard InChI is InChI=1S/C17H20F3N5O/c18-17(19,20)10-8-11(22-15-13(10)14(21)23-24-15)12-6-1-2-7-25(12)16(26)9-4-3-5-9/h8-9,12H,1-7H2,(H3,21,22,23,24)/t12-/m0/s1. The van der Waals surface area contributed by atoms with Crippen LogP contribution in [0.1, 0.15) is 55.8 Å². The first-order valence-corrected chi connectivity index (χ1v) is 8.88. The summed E-state index contributed by atoms with van der Waals surface area (Å²) in [4.78, 5) is 18.8. The van der Waals surface area contributed by atoms with Gasteiger partial charge in [0, 0.05) is 12.5 Å². The molecule has 2 aromatic heterocycles. The van der Waals surface area contributed by atoms with Crippen LogP contribution >= 0.6 is 0 Å². The Kier molecular flexibility index (Phi) is 4.04. The number of fused-ring (bicyclic) bond motifs is 1. The second-order valence-electron chi connectivity index (χ2n) is 7.10. The first kappa shape index (κ1) is 17.1. The number of nitrogens with zero attached hydrogens (tertiary/aromatic N) is 3. The van der Waals surface area contributed by atoms with E-state index in [9.17, 15) is 18.0 Å². The molecule has 2 aromatic rings. The molecular formula is C17H20F3N5O. The summed E-state index contributed by atoms with van der Waals surface area (Å²) in [5.41, 5.74) is 4.94. The number of nitrogen functional groups attached to an aromatic ring is 1. The third-order valence-corrected chi connectivity index (χ3v) is 5.46. The largest absolute Gasteiger partial charge is 0.417 e. The van der Waals surface area contributed by atoms with E-state index in [4.69, 9.17) is 5.73 Å². The van der Waals surface area contributed by atoms with Crippen LogP contribution in [0.5, 0.6) is 0 Å². The molecule has 0 unspecified atom stereocenters. The molecule has 2 fully saturated rings. The fourth-order valence-electron chi connectivity index (χ4n) is 3.85. The molecule has 0 aromatic carbocycles. The lowest BCUT2D eigenvalue weighted by atomic mass is 9.83. The van der Waals surface area contributed by atoms with Crippen molar-refractivity contribution in [2.75, 3.05) is 12.3 Å². The van der Waals surface area contributed by atoms with Crippen LogP contribution < -0.4 is 5.73 Å². The highest BCUT2D eigenvalue weighted by molar-refractivity contribution is 5.90. The molecule has 26 heavy (non-hydrogen) atoms. The average molecular weight is 367 g/mol. The van der Waals surface area contributed by atoms with Crippen molar-refractivity contribution in [2.24, 2.45) is 5.92 Å². The summed E-state index contributed by atoms with van der Waals surface area (Å²) >= 11 is 0. The summed E-state index contributed by atoms with van der Waals surface area (Å²) in [5, 5.41) is 5.98. The molecule has 1 saturated carbocycles. The molecule has 3 N–H and O–H groups in total. The van der Waals surface area contributed by atoms with Crippen molar-refractivity contribution in [3.8, 4) is 0 Å². The number of aromatic nitrogens is 3. The number of alkyl halides is 3. The number of likely N-dealkylation sites (tertiary alicyclic amines) is 1. The van der Waals surface area contributed by atoms with Crippen LogP contribution in [-0.2, 0) is 11.0 Å². The molecule has 4 rings (SSSR count). The molecule has 1 atom stereocenters. The highest BCUT2D eigenvalue weighted by Gasteiger charge is 2.39. The number of H-pyrrole nitrogens is 1. The summed E-state index contributed by atoms with van der Waals surface area (Å²) in [6.07, 6.45) is 0.488. The first-order chi connectivity index (χ1) is 12.4. The lowest BCUT2D eigenvalue weighted by Gasteiger charge is -2.39. The molecule has 6 nitrogen and oxygen atoms in total. The Morgan fingerprint density at radius 3 is 2.65 bits per heavy atom. The molecule has 1 aliphatic heterocycles. The normalized spacial score (nSPS) is 21.8. The van der Waals surface area contributed by atoms with Crippen molar-refractivity contribution >= 4 is 22.8 Å². The van der Waals surface area contributed by atoms with Gasteiger partial charge in [0.15, 0.2) is 5.65 Å². The van der Waals surface area contributed by atoms with Gasteiger partial charge >= 0.3 is 6.18 Å². The predicted molar refractivity (Wildman–Crippen MR) is 88.9 cm³/mol. The third-order valence-electron chi connectivity index (χ3n) is 5.46. The van der Waals surface area contributed by atoms with Crippen LogP contribution in [0.4, 0.5) is 19.0 Å². The number of anilines is 1. The van der Waals surface area contributed by atoms with Crippen molar-refractivity contribution in [1.82, 2.24) is 20.1 Å². The number of hydrogen-bond acceptors (Lipinski definition) is 4. The van der Waals surface area contributed by atoms with E-state index >= 15 is 0 Å². The molecule has 1 aliphatic carbocycles. The number of hydrogen-bond donors (Lipinski definition) is 2. The minimum absolute atomic E-state index is 0.00226. The van der Waals surface area contributed by atoms with Crippen LogP contribution in [-0.4, -0.2) is 32.5 Å². The number of nitrogens with one attached hydrogen (secondary N) is 1. The van der Waals surface area contributed by atoms with E-state index in [0.29, 0.717) is 13.0 Å². The van der Waals surface area contributed by atoms with E-state index in [1.165, 1.54) is 0 Å². The van der Waals surface area contributed by atoms with Gasteiger partial charge in [-0.3, -0.25) is 9.89 Å². The Morgan fingerprint density at radius 2 is 2.00 bits per heavy atom.